The van der Waals surface area contributed by atoms with Crippen LogP contribution in [0.5, 0.6) is 0 Å². The predicted octanol–water partition coefficient (Wildman–Crippen LogP) is 1.01. The van der Waals surface area contributed by atoms with Gasteiger partial charge in [-0.25, -0.2) is 0 Å². The Kier molecular flexibility index (Phi) is 4.09. The molecule has 1 aliphatic rings. The first-order valence-corrected chi connectivity index (χ1v) is 4.90. The van der Waals surface area contributed by atoms with E-state index in [1.807, 2.05) is 6.92 Å². The molecule has 5 nitrogen and oxygen atoms in total. The second-order valence-corrected chi connectivity index (χ2v) is 3.08. The Hall–Kier alpha value is -1.33. The van der Waals surface area contributed by atoms with Crippen molar-refractivity contribution in [3.05, 3.63) is 23.7 Å². The number of carbonyl (C=O) groups is 1. The van der Waals surface area contributed by atoms with Gasteiger partial charge in [-0.1, -0.05) is 0 Å². The van der Waals surface area contributed by atoms with E-state index >= 15 is 0 Å². The number of rotatable bonds is 5. The van der Waals surface area contributed by atoms with Gasteiger partial charge in [0.1, 0.15) is 0 Å². The molecule has 0 radical (unpaired) electrons. The highest BCUT2D eigenvalue weighted by molar-refractivity contribution is 6.01. The van der Waals surface area contributed by atoms with E-state index in [0.717, 1.165) is 0 Å². The van der Waals surface area contributed by atoms with Crippen LogP contribution in [0.4, 0.5) is 0 Å². The first kappa shape index (κ1) is 12.7. The van der Waals surface area contributed by atoms with Crippen LogP contribution in [0.15, 0.2) is 23.7 Å². The van der Waals surface area contributed by atoms with E-state index in [9.17, 15) is 4.79 Å². The molecule has 0 bridgehead atoms. The number of ether oxygens (including phenoxy) is 4. The lowest BCUT2D eigenvalue weighted by Crippen LogP contribution is -2.43. The Morgan fingerprint density at radius 2 is 1.62 bits per heavy atom. The van der Waals surface area contributed by atoms with Gasteiger partial charge in [0.05, 0.1) is 14.2 Å². The molecule has 1 rings (SSSR count). The van der Waals surface area contributed by atoms with E-state index in [1.54, 1.807) is 0 Å². The van der Waals surface area contributed by atoms with E-state index in [4.69, 9.17) is 18.9 Å². The molecule has 1 aliphatic carbocycles. The van der Waals surface area contributed by atoms with E-state index < -0.39 is 5.79 Å². The van der Waals surface area contributed by atoms with Gasteiger partial charge in [0.15, 0.2) is 17.3 Å². The van der Waals surface area contributed by atoms with Crippen molar-refractivity contribution < 1.29 is 23.7 Å². The van der Waals surface area contributed by atoms with Crippen molar-refractivity contribution in [2.45, 2.75) is 12.7 Å². The van der Waals surface area contributed by atoms with Gasteiger partial charge in [0.25, 0.3) is 5.79 Å². The lowest BCUT2D eigenvalue weighted by atomic mass is 10.0. The molecule has 0 amide bonds. The van der Waals surface area contributed by atoms with Crippen molar-refractivity contribution in [3.63, 3.8) is 0 Å². The lowest BCUT2D eigenvalue weighted by Gasteiger charge is -2.35. The average Bonchev–Trinajstić information content (AvgIpc) is 2.30. The van der Waals surface area contributed by atoms with Crippen LogP contribution in [0, 0.1) is 0 Å². The first-order chi connectivity index (χ1) is 7.64. The molecule has 0 atom stereocenters. The van der Waals surface area contributed by atoms with Crippen LogP contribution in [-0.2, 0) is 23.7 Å². The third kappa shape index (κ3) is 1.96. The number of allylic oxidation sites excluding steroid dienone is 2. The molecule has 0 saturated carbocycles. The van der Waals surface area contributed by atoms with Crippen LogP contribution in [-0.4, -0.2) is 39.5 Å². The Morgan fingerprint density at radius 3 is 1.94 bits per heavy atom. The highest BCUT2D eigenvalue weighted by atomic mass is 16.7. The maximum absolute atomic E-state index is 11.4. The molecule has 0 unspecified atom stereocenters. The summed E-state index contributed by atoms with van der Waals surface area (Å²) in [4.78, 5) is 11.4. The van der Waals surface area contributed by atoms with Gasteiger partial charge in [0, 0.05) is 25.9 Å². The summed E-state index contributed by atoms with van der Waals surface area (Å²) in [6, 6.07) is 0. The standard InChI is InChI=1S/C11H16O5/c1-5-16-11(15-4)9(13-2)6-8(12)7-10(11)14-3/h6-7H,5H2,1-4H3. The summed E-state index contributed by atoms with van der Waals surface area (Å²) in [7, 11) is 4.36. The van der Waals surface area contributed by atoms with Gasteiger partial charge in [-0.15, -0.1) is 0 Å². The lowest BCUT2D eigenvalue weighted by molar-refractivity contribution is -0.209. The molecule has 0 aromatic rings. The van der Waals surface area contributed by atoms with Gasteiger partial charge in [-0.2, -0.15) is 0 Å². The molecule has 0 aliphatic heterocycles. The molecular weight excluding hydrogens is 212 g/mol. The monoisotopic (exact) mass is 228 g/mol. The normalized spacial score (nSPS) is 18.9. The minimum absolute atomic E-state index is 0.221. The van der Waals surface area contributed by atoms with Crippen LogP contribution in [0.25, 0.3) is 0 Å². The number of carbonyl (C=O) groups excluding carboxylic acids is 1. The smallest absolute Gasteiger partial charge is 0.288 e. The van der Waals surface area contributed by atoms with Crippen LogP contribution >= 0.6 is 0 Å². The minimum atomic E-state index is -1.26. The molecule has 0 heterocycles. The molecule has 0 saturated heterocycles. The minimum Gasteiger partial charge on any atom is -0.495 e. The summed E-state index contributed by atoms with van der Waals surface area (Å²) in [6.45, 7) is 2.21. The fourth-order valence-corrected chi connectivity index (χ4v) is 1.60. The van der Waals surface area contributed by atoms with Gasteiger partial charge in [-0.05, 0) is 6.92 Å². The van der Waals surface area contributed by atoms with E-state index in [2.05, 4.69) is 0 Å². The highest BCUT2D eigenvalue weighted by Crippen LogP contribution is 2.34. The first-order valence-electron chi connectivity index (χ1n) is 4.90. The van der Waals surface area contributed by atoms with E-state index in [-0.39, 0.29) is 17.3 Å². The molecular formula is C11H16O5. The number of methoxy groups -OCH3 is 3. The fourth-order valence-electron chi connectivity index (χ4n) is 1.60. The maximum Gasteiger partial charge on any atom is 0.288 e. The molecule has 0 aromatic carbocycles. The molecule has 0 fully saturated rings. The summed E-state index contributed by atoms with van der Waals surface area (Å²) in [5.74, 6) is -0.921. The molecule has 0 spiro atoms. The summed E-state index contributed by atoms with van der Waals surface area (Å²) < 4.78 is 21.1. The zero-order chi connectivity index (χ0) is 12.2. The van der Waals surface area contributed by atoms with Gasteiger partial charge < -0.3 is 18.9 Å². The molecule has 5 heteroatoms. The average molecular weight is 228 g/mol. The van der Waals surface area contributed by atoms with Gasteiger partial charge >= 0.3 is 0 Å². The quantitative estimate of drug-likeness (QED) is 0.657. The number of hydrogen-bond acceptors (Lipinski definition) is 5. The van der Waals surface area contributed by atoms with Crippen LogP contribution < -0.4 is 0 Å². The SMILES string of the molecule is CCOC1(OC)C(OC)=CC(=O)C=C1OC. The maximum atomic E-state index is 11.4. The van der Waals surface area contributed by atoms with Crippen LogP contribution in [0.3, 0.4) is 0 Å². The zero-order valence-electron chi connectivity index (χ0n) is 9.90. The summed E-state index contributed by atoms with van der Waals surface area (Å²) >= 11 is 0. The zero-order valence-corrected chi connectivity index (χ0v) is 9.90. The molecule has 0 N–H and O–H groups in total. The van der Waals surface area contributed by atoms with E-state index in [0.29, 0.717) is 6.61 Å². The molecule has 90 valence electrons. The van der Waals surface area contributed by atoms with Crippen molar-refractivity contribution >= 4 is 5.78 Å². The van der Waals surface area contributed by atoms with Gasteiger partial charge in [-0.3, -0.25) is 4.79 Å². The molecule has 0 aromatic heterocycles. The van der Waals surface area contributed by atoms with E-state index in [1.165, 1.54) is 33.5 Å². The Morgan fingerprint density at radius 1 is 1.12 bits per heavy atom. The van der Waals surface area contributed by atoms with Crippen LogP contribution in [0.2, 0.25) is 0 Å². The molecule has 16 heavy (non-hydrogen) atoms. The second-order valence-electron chi connectivity index (χ2n) is 3.08. The van der Waals surface area contributed by atoms with Crippen LogP contribution in [0.1, 0.15) is 6.92 Å². The van der Waals surface area contributed by atoms with Crippen molar-refractivity contribution in [3.8, 4) is 0 Å². The van der Waals surface area contributed by atoms with Gasteiger partial charge in [0.2, 0.25) is 0 Å². The Bertz CT molecular complexity index is 305. The topological polar surface area (TPSA) is 54.0 Å². The summed E-state index contributed by atoms with van der Waals surface area (Å²) in [6.07, 6.45) is 2.64. The largest absolute Gasteiger partial charge is 0.495 e. The predicted molar refractivity (Wildman–Crippen MR) is 56.6 cm³/mol. The fraction of sp³-hybridized carbons (Fsp3) is 0.545. The van der Waals surface area contributed by atoms with Crippen molar-refractivity contribution in [1.29, 1.82) is 0 Å². The third-order valence-electron chi connectivity index (χ3n) is 2.27. The Balaban J connectivity index is 3.21. The third-order valence-corrected chi connectivity index (χ3v) is 2.27. The Labute approximate surface area is 94.6 Å². The second kappa shape index (κ2) is 5.14. The van der Waals surface area contributed by atoms with Crippen molar-refractivity contribution in [1.82, 2.24) is 0 Å². The van der Waals surface area contributed by atoms with Crippen molar-refractivity contribution in [2.24, 2.45) is 0 Å². The summed E-state index contributed by atoms with van der Waals surface area (Å²) in [5.41, 5.74) is 0. The van der Waals surface area contributed by atoms with Crippen molar-refractivity contribution in [2.75, 3.05) is 27.9 Å². The highest BCUT2D eigenvalue weighted by Gasteiger charge is 2.45. The number of hydrogen-bond donors (Lipinski definition) is 0. The summed E-state index contributed by atoms with van der Waals surface area (Å²) in [5, 5.41) is 0. The number of ketones is 1.